The van der Waals surface area contributed by atoms with Crippen molar-refractivity contribution in [2.45, 2.75) is 39.5 Å². The van der Waals surface area contributed by atoms with Crippen molar-refractivity contribution in [1.82, 2.24) is 0 Å². The van der Waals surface area contributed by atoms with Crippen LogP contribution < -0.4 is 0 Å². The molecule has 78 valence electrons. The van der Waals surface area contributed by atoms with Crippen LogP contribution in [0.3, 0.4) is 0 Å². The zero-order valence-corrected chi connectivity index (χ0v) is 9.86. The molecule has 0 radical (unpaired) electrons. The Morgan fingerprint density at radius 2 is 2.43 bits per heavy atom. The van der Waals surface area contributed by atoms with Gasteiger partial charge in [0.15, 0.2) is 0 Å². The first-order valence-corrected chi connectivity index (χ1v) is 5.82. The number of hydrogen-bond donors (Lipinski definition) is 1. The predicted octanol–water partition coefficient (Wildman–Crippen LogP) is 3.78. The average Bonchev–Trinajstić information content (AvgIpc) is 2.17. The first-order valence-electron chi connectivity index (χ1n) is 5.35. The highest BCUT2D eigenvalue weighted by atomic mass is 32.1. The van der Waals surface area contributed by atoms with Crippen LogP contribution in [0.4, 0.5) is 0 Å². The van der Waals surface area contributed by atoms with Crippen molar-refractivity contribution in [3.63, 3.8) is 0 Å². The van der Waals surface area contributed by atoms with Crippen LogP contribution in [0.2, 0.25) is 0 Å². The fourth-order valence-electron chi connectivity index (χ4n) is 1.98. The van der Waals surface area contributed by atoms with Crippen LogP contribution in [-0.2, 0) is 0 Å². The van der Waals surface area contributed by atoms with Crippen molar-refractivity contribution in [1.29, 1.82) is 5.41 Å². The lowest BCUT2D eigenvalue weighted by Gasteiger charge is -2.21. The van der Waals surface area contributed by atoms with E-state index in [2.05, 4.69) is 19.9 Å². The second kappa shape index (κ2) is 5.40. The molecule has 0 bridgehead atoms. The van der Waals surface area contributed by atoms with Gasteiger partial charge in [0.25, 0.3) is 0 Å². The van der Waals surface area contributed by atoms with Gasteiger partial charge in [0.1, 0.15) is 0 Å². The highest BCUT2D eigenvalue weighted by molar-refractivity contribution is 7.80. The summed E-state index contributed by atoms with van der Waals surface area (Å²) in [6.07, 6.45) is 6.84. The molecule has 1 N–H and O–H groups in total. The smallest absolute Gasteiger partial charge is 0.0455 e. The van der Waals surface area contributed by atoms with E-state index in [0.29, 0.717) is 11.6 Å². The van der Waals surface area contributed by atoms with Gasteiger partial charge in [-0.05, 0) is 31.6 Å². The van der Waals surface area contributed by atoms with Crippen molar-refractivity contribution in [3.05, 3.63) is 11.6 Å². The Balaban J connectivity index is 2.46. The topological polar surface area (TPSA) is 23.9 Å². The van der Waals surface area contributed by atoms with Crippen molar-refractivity contribution >= 4 is 23.3 Å². The Morgan fingerprint density at radius 3 is 2.86 bits per heavy atom. The average molecular weight is 209 g/mol. The van der Waals surface area contributed by atoms with E-state index in [1.807, 2.05) is 0 Å². The Hall–Kier alpha value is -0.500. The van der Waals surface area contributed by atoms with Gasteiger partial charge in [-0.25, -0.2) is 0 Å². The van der Waals surface area contributed by atoms with Gasteiger partial charge in [-0.1, -0.05) is 37.7 Å². The maximum atomic E-state index is 7.65. The molecule has 0 aromatic carbocycles. The van der Waals surface area contributed by atoms with Gasteiger partial charge in [-0.3, -0.25) is 0 Å². The minimum absolute atomic E-state index is 0.392. The fraction of sp³-hybridized carbons (Fsp3) is 0.667. The Labute approximate surface area is 92.1 Å². The zero-order valence-electron chi connectivity index (χ0n) is 9.05. The van der Waals surface area contributed by atoms with Gasteiger partial charge >= 0.3 is 0 Å². The van der Waals surface area contributed by atoms with Gasteiger partial charge in [0.05, 0.1) is 0 Å². The molecule has 0 heterocycles. The first kappa shape index (κ1) is 11.6. The lowest BCUT2D eigenvalue weighted by molar-refractivity contribution is 0.549. The standard InChI is InChI=1S/C12H19NS/c1-9(2)7-10-3-5-11(6-4-10)12(13)8-14/h3,8-9,11,13H,4-7H2,1-2H3. The number of hydrogen-bond acceptors (Lipinski definition) is 2. The van der Waals surface area contributed by atoms with Crippen LogP contribution in [0.25, 0.3) is 0 Å². The predicted molar refractivity (Wildman–Crippen MR) is 66.3 cm³/mol. The van der Waals surface area contributed by atoms with E-state index in [4.69, 9.17) is 17.6 Å². The number of nitrogens with one attached hydrogen (secondary N) is 1. The van der Waals surface area contributed by atoms with Gasteiger partial charge in [-0.15, -0.1) is 0 Å². The molecule has 1 unspecified atom stereocenters. The third-order valence-electron chi connectivity index (χ3n) is 2.74. The van der Waals surface area contributed by atoms with Gasteiger partial charge in [-0.2, -0.15) is 0 Å². The second-order valence-corrected chi connectivity index (χ2v) is 4.74. The Kier molecular flexibility index (Phi) is 4.46. The van der Waals surface area contributed by atoms with Crippen molar-refractivity contribution in [2.24, 2.45) is 11.8 Å². The summed E-state index contributed by atoms with van der Waals surface area (Å²) in [5.74, 6) is 1.14. The van der Waals surface area contributed by atoms with E-state index in [-0.39, 0.29) is 0 Å². The van der Waals surface area contributed by atoms with Crippen molar-refractivity contribution < 1.29 is 0 Å². The van der Waals surface area contributed by atoms with Crippen molar-refractivity contribution in [3.8, 4) is 0 Å². The maximum absolute atomic E-state index is 7.65. The van der Waals surface area contributed by atoms with Crippen LogP contribution in [-0.4, -0.2) is 11.1 Å². The highest BCUT2D eigenvalue weighted by Gasteiger charge is 2.17. The van der Waals surface area contributed by atoms with E-state index in [1.54, 1.807) is 5.57 Å². The molecular formula is C12H19NS. The number of rotatable bonds is 4. The molecule has 2 heteroatoms. The largest absolute Gasteiger partial charge is 0.304 e. The van der Waals surface area contributed by atoms with Crippen LogP contribution >= 0.6 is 12.2 Å². The summed E-state index contributed by atoms with van der Waals surface area (Å²) in [5.41, 5.74) is 2.22. The lowest BCUT2D eigenvalue weighted by Crippen LogP contribution is -2.16. The van der Waals surface area contributed by atoms with E-state index >= 15 is 0 Å². The molecule has 0 saturated carbocycles. The van der Waals surface area contributed by atoms with Gasteiger partial charge in [0.2, 0.25) is 0 Å². The Bertz CT molecular complexity index is 253. The molecular weight excluding hydrogens is 190 g/mol. The molecule has 1 atom stereocenters. The zero-order chi connectivity index (χ0) is 10.6. The van der Waals surface area contributed by atoms with E-state index in [9.17, 15) is 0 Å². The quantitative estimate of drug-likeness (QED) is 0.425. The third-order valence-corrected chi connectivity index (χ3v) is 3.00. The van der Waals surface area contributed by atoms with E-state index in [1.165, 1.54) is 11.8 Å². The minimum Gasteiger partial charge on any atom is -0.304 e. The summed E-state index contributed by atoms with van der Waals surface area (Å²) < 4.78 is 0. The normalized spacial score (nSPS) is 21.9. The molecule has 1 aliphatic carbocycles. The Morgan fingerprint density at radius 1 is 1.71 bits per heavy atom. The van der Waals surface area contributed by atoms with E-state index < -0.39 is 0 Å². The molecule has 0 aliphatic heterocycles. The summed E-state index contributed by atoms with van der Waals surface area (Å²) in [5, 5.41) is 9.17. The summed E-state index contributed by atoms with van der Waals surface area (Å²) in [7, 11) is 0. The molecule has 0 spiro atoms. The molecule has 0 fully saturated rings. The number of thiocarbonyl (C=S) groups is 1. The van der Waals surface area contributed by atoms with Crippen LogP contribution in [0.5, 0.6) is 0 Å². The molecule has 0 saturated heterocycles. The molecule has 1 nitrogen and oxygen atoms in total. The molecule has 0 aromatic heterocycles. The van der Waals surface area contributed by atoms with Crippen LogP contribution in [0.1, 0.15) is 39.5 Å². The van der Waals surface area contributed by atoms with Crippen LogP contribution in [0.15, 0.2) is 11.6 Å². The minimum atomic E-state index is 0.392. The highest BCUT2D eigenvalue weighted by Crippen LogP contribution is 2.27. The summed E-state index contributed by atoms with van der Waals surface area (Å²) >= 11 is 4.78. The molecule has 0 amide bonds. The van der Waals surface area contributed by atoms with Crippen molar-refractivity contribution in [2.75, 3.05) is 0 Å². The second-order valence-electron chi connectivity index (χ2n) is 4.50. The molecule has 0 aromatic rings. The molecule has 1 aliphatic rings. The van der Waals surface area contributed by atoms with E-state index in [0.717, 1.165) is 25.2 Å². The summed E-state index contributed by atoms with van der Waals surface area (Å²) in [4.78, 5) is 0. The van der Waals surface area contributed by atoms with Gasteiger partial charge < -0.3 is 5.41 Å². The lowest BCUT2D eigenvalue weighted by atomic mass is 9.84. The third kappa shape index (κ3) is 3.33. The summed E-state index contributed by atoms with van der Waals surface area (Å²) in [6.45, 7) is 4.51. The monoisotopic (exact) mass is 209 g/mol. The first-order chi connectivity index (χ1) is 6.63. The fourth-order valence-corrected chi connectivity index (χ4v) is 2.17. The van der Waals surface area contributed by atoms with Gasteiger partial charge in [0, 0.05) is 17.0 Å². The summed E-state index contributed by atoms with van der Waals surface area (Å²) in [6, 6.07) is 0. The molecule has 1 rings (SSSR count). The van der Waals surface area contributed by atoms with Crippen LogP contribution in [0, 0.1) is 17.2 Å². The maximum Gasteiger partial charge on any atom is 0.0455 e. The number of allylic oxidation sites excluding steroid dienone is 2. The SMILES string of the molecule is CC(C)CC1=CCC(C(=N)C=S)CC1. The molecule has 14 heavy (non-hydrogen) atoms.